The minimum Gasteiger partial charge on any atom is -0.350 e. The molecule has 1 N–H and O–H groups in total. The van der Waals surface area contributed by atoms with Gasteiger partial charge in [0.05, 0.1) is 0 Å². The minimum atomic E-state index is -0.896. The predicted octanol–water partition coefficient (Wildman–Crippen LogP) is 4.21. The molecule has 0 saturated carbocycles. The van der Waals surface area contributed by atoms with Gasteiger partial charge in [0.25, 0.3) is 5.91 Å². The maximum Gasteiger partial charge on any atom is 0.255 e. The number of hydrogen-bond acceptors (Lipinski definition) is 2. The van der Waals surface area contributed by atoms with Crippen LogP contribution in [0.25, 0.3) is 0 Å². The van der Waals surface area contributed by atoms with E-state index in [0.29, 0.717) is 30.1 Å². The summed E-state index contributed by atoms with van der Waals surface area (Å²) in [7, 11) is 0. The van der Waals surface area contributed by atoms with Crippen LogP contribution in [0.5, 0.6) is 0 Å². The lowest BCUT2D eigenvalue weighted by atomic mass is 9.82. The lowest BCUT2D eigenvalue weighted by Gasteiger charge is -2.44. The highest BCUT2D eigenvalue weighted by atomic mass is 35.5. The molecular formula is C22H25ClN2O2. The van der Waals surface area contributed by atoms with Gasteiger partial charge in [-0.05, 0) is 42.7 Å². The molecule has 1 atom stereocenters. The Kier molecular flexibility index (Phi) is 5.85. The van der Waals surface area contributed by atoms with Crippen molar-refractivity contribution in [3.8, 4) is 0 Å². The summed E-state index contributed by atoms with van der Waals surface area (Å²) in [5.74, 6) is -0.189. The summed E-state index contributed by atoms with van der Waals surface area (Å²) in [6, 6.07) is 15.0. The molecule has 2 amide bonds. The van der Waals surface area contributed by atoms with Crippen LogP contribution in [-0.2, 0) is 17.8 Å². The van der Waals surface area contributed by atoms with E-state index < -0.39 is 5.54 Å². The zero-order valence-corrected chi connectivity index (χ0v) is 16.6. The first-order valence-corrected chi connectivity index (χ1v) is 9.76. The molecule has 2 aromatic carbocycles. The molecule has 0 bridgehead atoms. The zero-order valence-electron chi connectivity index (χ0n) is 15.8. The van der Waals surface area contributed by atoms with Crippen molar-refractivity contribution in [1.29, 1.82) is 0 Å². The lowest BCUT2D eigenvalue weighted by molar-refractivity contribution is -0.131. The van der Waals surface area contributed by atoms with Crippen molar-refractivity contribution in [2.75, 3.05) is 6.54 Å². The second-order valence-electron chi connectivity index (χ2n) is 7.23. The molecule has 27 heavy (non-hydrogen) atoms. The lowest BCUT2D eigenvalue weighted by Crippen LogP contribution is -2.62. The Morgan fingerprint density at radius 1 is 1.19 bits per heavy atom. The Bertz CT molecular complexity index is 834. The summed E-state index contributed by atoms with van der Waals surface area (Å²) < 4.78 is 0. The highest BCUT2D eigenvalue weighted by Gasteiger charge is 2.46. The van der Waals surface area contributed by atoms with Crippen LogP contribution in [0.1, 0.15) is 48.2 Å². The fraction of sp³-hybridized carbons (Fsp3) is 0.364. The second-order valence-corrected chi connectivity index (χ2v) is 7.66. The number of carbonyl (C=O) groups is 2. The third-order valence-corrected chi connectivity index (χ3v) is 5.47. The van der Waals surface area contributed by atoms with Gasteiger partial charge >= 0.3 is 0 Å². The zero-order chi connectivity index (χ0) is 19.4. The van der Waals surface area contributed by atoms with Crippen molar-refractivity contribution in [3.63, 3.8) is 0 Å². The second kappa shape index (κ2) is 8.13. The summed E-state index contributed by atoms with van der Waals surface area (Å²) in [5.41, 5.74) is 1.71. The Hall–Kier alpha value is -2.33. The van der Waals surface area contributed by atoms with Gasteiger partial charge in [0, 0.05) is 30.1 Å². The van der Waals surface area contributed by atoms with Gasteiger partial charge in [-0.1, -0.05) is 55.3 Å². The van der Waals surface area contributed by atoms with E-state index >= 15 is 0 Å². The molecule has 0 fully saturated rings. The summed E-state index contributed by atoms with van der Waals surface area (Å²) in [5, 5.41) is 3.67. The molecule has 1 aliphatic heterocycles. The van der Waals surface area contributed by atoms with Crippen LogP contribution in [0.2, 0.25) is 5.02 Å². The number of unbranched alkanes of at least 4 members (excludes halogenated alkanes) is 1. The number of nitrogens with zero attached hydrogens (tertiary/aromatic N) is 1. The molecule has 2 aromatic rings. The van der Waals surface area contributed by atoms with E-state index in [2.05, 4.69) is 12.2 Å². The van der Waals surface area contributed by atoms with Crippen molar-refractivity contribution in [2.45, 2.75) is 45.2 Å². The Morgan fingerprint density at radius 2 is 1.89 bits per heavy atom. The molecule has 0 aliphatic carbocycles. The Morgan fingerprint density at radius 3 is 2.59 bits per heavy atom. The number of amides is 2. The van der Waals surface area contributed by atoms with Crippen LogP contribution in [-0.4, -0.2) is 28.8 Å². The van der Waals surface area contributed by atoms with Crippen molar-refractivity contribution in [1.82, 2.24) is 10.2 Å². The summed E-state index contributed by atoms with van der Waals surface area (Å²) in [6.45, 7) is 4.94. The van der Waals surface area contributed by atoms with Crippen molar-refractivity contribution in [3.05, 3.63) is 70.2 Å². The molecule has 3 rings (SSSR count). The SMILES string of the molecule is CCCCN1C(=O)c2ccccc2C[C@]1(C)C(=O)NCc1ccc(Cl)cc1. The average molecular weight is 385 g/mol. The van der Waals surface area contributed by atoms with E-state index in [1.165, 1.54) is 0 Å². The number of nitrogens with one attached hydrogen (secondary N) is 1. The largest absolute Gasteiger partial charge is 0.350 e. The fourth-order valence-corrected chi connectivity index (χ4v) is 3.69. The quantitative estimate of drug-likeness (QED) is 0.810. The fourth-order valence-electron chi connectivity index (χ4n) is 3.56. The van der Waals surface area contributed by atoms with Crippen LogP contribution >= 0.6 is 11.6 Å². The maximum absolute atomic E-state index is 13.2. The molecule has 0 radical (unpaired) electrons. The topological polar surface area (TPSA) is 49.4 Å². The monoisotopic (exact) mass is 384 g/mol. The minimum absolute atomic E-state index is 0.0607. The summed E-state index contributed by atoms with van der Waals surface area (Å²) in [4.78, 5) is 28.0. The number of carbonyl (C=O) groups excluding carboxylic acids is 2. The average Bonchev–Trinajstić information content (AvgIpc) is 2.67. The first-order valence-electron chi connectivity index (χ1n) is 9.38. The molecule has 142 valence electrons. The van der Waals surface area contributed by atoms with Gasteiger partial charge in [0.15, 0.2) is 0 Å². The third kappa shape index (κ3) is 4.01. The summed E-state index contributed by atoms with van der Waals surface area (Å²) >= 11 is 5.92. The van der Waals surface area contributed by atoms with Crippen LogP contribution in [0.3, 0.4) is 0 Å². The number of fused-ring (bicyclic) bond motifs is 1. The number of benzene rings is 2. The van der Waals surface area contributed by atoms with Gasteiger partial charge in [0.1, 0.15) is 5.54 Å². The number of hydrogen-bond donors (Lipinski definition) is 1. The third-order valence-electron chi connectivity index (χ3n) is 5.21. The van der Waals surface area contributed by atoms with Crippen LogP contribution in [0.4, 0.5) is 0 Å². The Balaban J connectivity index is 1.83. The molecule has 1 aliphatic rings. The van der Waals surface area contributed by atoms with Crippen LogP contribution in [0, 0.1) is 0 Å². The van der Waals surface area contributed by atoms with E-state index in [-0.39, 0.29) is 11.8 Å². The molecular weight excluding hydrogens is 360 g/mol. The van der Waals surface area contributed by atoms with Gasteiger partial charge in [-0.25, -0.2) is 0 Å². The summed E-state index contributed by atoms with van der Waals surface area (Å²) in [6.07, 6.45) is 2.35. The van der Waals surface area contributed by atoms with Crippen LogP contribution in [0.15, 0.2) is 48.5 Å². The smallest absolute Gasteiger partial charge is 0.255 e. The van der Waals surface area contributed by atoms with Gasteiger partial charge in [-0.2, -0.15) is 0 Å². The van der Waals surface area contributed by atoms with Crippen molar-refractivity contribution >= 4 is 23.4 Å². The van der Waals surface area contributed by atoms with E-state index in [1.54, 1.807) is 17.0 Å². The van der Waals surface area contributed by atoms with E-state index in [0.717, 1.165) is 24.0 Å². The van der Waals surface area contributed by atoms with E-state index in [1.807, 2.05) is 43.3 Å². The van der Waals surface area contributed by atoms with Gasteiger partial charge < -0.3 is 10.2 Å². The standard InChI is InChI=1S/C22H25ClN2O2/c1-3-4-13-25-20(26)19-8-6-5-7-17(19)14-22(25,2)21(27)24-15-16-9-11-18(23)12-10-16/h5-12H,3-4,13-15H2,1-2H3,(H,24,27)/t22-/m1/s1. The molecule has 0 spiro atoms. The first kappa shape index (κ1) is 19.4. The van der Waals surface area contributed by atoms with Gasteiger partial charge in [0.2, 0.25) is 5.91 Å². The number of rotatable bonds is 6. The molecule has 0 unspecified atom stereocenters. The van der Waals surface area contributed by atoms with Crippen molar-refractivity contribution < 1.29 is 9.59 Å². The van der Waals surface area contributed by atoms with E-state index in [4.69, 9.17) is 11.6 Å². The molecule has 5 heteroatoms. The first-order chi connectivity index (χ1) is 13.0. The van der Waals surface area contributed by atoms with E-state index in [9.17, 15) is 9.59 Å². The molecule has 0 aromatic heterocycles. The highest BCUT2D eigenvalue weighted by Crippen LogP contribution is 2.31. The highest BCUT2D eigenvalue weighted by molar-refractivity contribution is 6.30. The molecule has 1 heterocycles. The maximum atomic E-state index is 13.2. The normalized spacial score (nSPS) is 18.9. The van der Waals surface area contributed by atoms with Crippen LogP contribution < -0.4 is 5.32 Å². The number of halogens is 1. The van der Waals surface area contributed by atoms with Gasteiger partial charge in [-0.15, -0.1) is 0 Å². The van der Waals surface area contributed by atoms with Crippen molar-refractivity contribution in [2.24, 2.45) is 0 Å². The van der Waals surface area contributed by atoms with Gasteiger partial charge in [-0.3, -0.25) is 9.59 Å². The molecule has 0 saturated heterocycles. The molecule has 4 nitrogen and oxygen atoms in total. The predicted molar refractivity (Wildman–Crippen MR) is 108 cm³/mol. The Labute approximate surface area is 165 Å².